The van der Waals surface area contributed by atoms with Crippen LogP contribution >= 0.6 is 11.3 Å². The molecule has 0 bridgehead atoms. The fourth-order valence-corrected chi connectivity index (χ4v) is 5.80. The van der Waals surface area contributed by atoms with Gasteiger partial charge in [0.1, 0.15) is 22.8 Å². The zero-order valence-corrected chi connectivity index (χ0v) is 24.0. The molecule has 214 valence electrons. The third-order valence-electron chi connectivity index (χ3n) is 6.91. The molecule has 4 aromatic rings. The van der Waals surface area contributed by atoms with Gasteiger partial charge in [-0.1, -0.05) is 42.2 Å². The van der Waals surface area contributed by atoms with Crippen molar-refractivity contribution in [1.29, 1.82) is 0 Å². The number of benzene rings is 1. The van der Waals surface area contributed by atoms with E-state index in [4.69, 9.17) is 9.47 Å². The van der Waals surface area contributed by atoms with Gasteiger partial charge in [-0.3, -0.25) is 14.5 Å². The van der Waals surface area contributed by atoms with Gasteiger partial charge in [-0.25, -0.2) is 19.6 Å². The highest BCUT2D eigenvalue weighted by Crippen LogP contribution is 2.44. The Morgan fingerprint density at radius 2 is 1.81 bits per heavy atom. The van der Waals surface area contributed by atoms with E-state index in [1.165, 1.54) is 25.3 Å². The van der Waals surface area contributed by atoms with Crippen LogP contribution in [0.25, 0.3) is 11.4 Å². The number of carbonyl (C=O) groups excluding carboxylic acids is 4. The number of esters is 2. The molecule has 0 aliphatic carbocycles. The zero-order chi connectivity index (χ0) is 30.3. The first-order valence-corrected chi connectivity index (χ1v) is 13.6. The highest BCUT2D eigenvalue weighted by atomic mass is 32.1. The number of fused-ring (bicyclic) bond motifs is 1. The zero-order valence-electron chi connectivity index (χ0n) is 23.2. The molecular weight excluding hydrogens is 560 g/mol. The van der Waals surface area contributed by atoms with Crippen LogP contribution in [0.1, 0.15) is 54.3 Å². The molecular formula is C30H26N4O7S. The minimum absolute atomic E-state index is 0.0135. The van der Waals surface area contributed by atoms with E-state index in [1.807, 2.05) is 19.1 Å². The van der Waals surface area contributed by atoms with Gasteiger partial charge < -0.3 is 19.0 Å². The van der Waals surface area contributed by atoms with Gasteiger partial charge in [0.25, 0.3) is 5.78 Å². The number of aryl methyl sites for hydroxylation is 3. The second kappa shape index (κ2) is 11.1. The summed E-state index contributed by atoms with van der Waals surface area (Å²) in [4.78, 5) is 62.2. The van der Waals surface area contributed by atoms with Gasteiger partial charge >= 0.3 is 17.8 Å². The van der Waals surface area contributed by atoms with E-state index in [9.17, 15) is 24.3 Å². The smallest absolute Gasteiger partial charge is 0.350 e. The van der Waals surface area contributed by atoms with Crippen molar-refractivity contribution >= 4 is 51.5 Å². The Morgan fingerprint density at radius 1 is 1.10 bits per heavy atom. The maximum Gasteiger partial charge on any atom is 0.350 e. The molecule has 4 heterocycles. The fourth-order valence-electron chi connectivity index (χ4n) is 4.81. The number of aromatic nitrogens is 3. The lowest BCUT2D eigenvalue weighted by Crippen LogP contribution is -2.29. The van der Waals surface area contributed by atoms with Crippen LogP contribution < -0.4 is 4.90 Å². The first-order valence-electron chi connectivity index (χ1n) is 12.8. The van der Waals surface area contributed by atoms with Crippen LogP contribution in [0.15, 0.2) is 60.8 Å². The minimum Gasteiger partial charge on any atom is -0.505 e. The third kappa shape index (κ3) is 4.65. The van der Waals surface area contributed by atoms with Crippen LogP contribution in [0.2, 0.25) is 0 Å². The van der Waals surface area contributed by atoms with Crippen molar-refractivity contribution in [3.05, 3.63) is 99.5 Å². The normalized spacial score (nSPS) is 16.2. The number of amides is 1. The Kier molecular flexibility index (Phi) is 7.48. The average molecular weight is 587 g/mol. The van der Waals surface area contributed by atoms with Crippen LogP contribution in [-0.2, 0) is 19.1 Å². The molecule has 1 aliphatic heterocycles. The minimum atomic E-state index is -1.15. The Balaban J connectivity index is 1.71. The number of aliphatic hydroxyl groups excluding tert-OH is 1. The number of hydrogen-bond acceptors (Lipinski definition) is 10. The molecule has 1 saturated heterocycles. The SMILES string of the molecule is C=CCOC(=O)c1sc(N2C(=O)C(=O)/C(=C(/O)c3nc4c(C)cccn4c3C)C2c2ccc(C(=O)OC)cc2)nc1C. The number of methoxy groups -OCH3 is 1. The second-order valence-electron chi connectivity index (χ2n) is 9.51. The quantitative estimate of drug-likeness (QED) is 0.109. The summed E-state index contributed by atoms with van der Waals surface area (Å²) in [5.41, 5.74) is 2.90. The molecule has 11 nitrogen and oxygen atoms in total. The molecule has 5 rings (SSSR count). The predicted octanol–water partition coefficient (Wildman–Crippen LogP) is 4.47. The summed E-state index contributed by atoms with van der Waals surface area (Å²) in [5.74, 6) is -3.58. The first-order chi connectivity index (χ1) is 20.1. The number of aliphatic hydroxyl groups is 1. The molecule has 1 atom stereocenters. The number of ketones is 1. The van der Waals surface area contributed by atoms with Crippen molar-refractivity contribution in [2.75, 3.05) is 18.6 Å². The van der Waals surface area contributed by atoms with Gasteiger partial charge in [-0.15, -0.1) is 0 Å². The van der Waals surface area contributed by atoms with E-state index in [1.54, 1.807) is 36.6 Å². The molecule has 1 aliphatic rings. The van der Waals surface area contributed by atoms with E-state index in [2.05, 4.69) is 16.5 Å². The number of anilines is 1. The van der Waals surface area contributed by atoms with Crippen molar-refractivity contribution < 1.29 is 33.8 Å². The van der Waals surface area contributed by atoms with Gasteiger partial charge in [0.15, 0.2) is 10.9 Å². The molecule has 12 heteroatoms. The Hall–Kier alpha value is -5.10. The lowest BCUT2D eigenvalue weighted by molar-refractivity contribution is -0.132. The second-order valence-corrected chi connectivity index (χ2v) is 10.5. The molecule has 0 radical (unpaired) electrons. The fraction of sp³-hybridized carbons (Fsp3) is 0.200. The number of hydrogen-bond donors (Lipinski definition) is 1. The highest BCUT2D eigenvalue weighted by Gasteiger charge is 2.49. The molecule has 1 fully saturated rings. The number of thiazole rings is 1. The van der Waals surface area contributed by atoms with E-state index in [-0.39, 0.29) is 33.4 Å². The Morgan fingerprint density at radius 3 is 2.45 bits per heavy atom. The van der Waals surface area contributed by atoms with Gasteiger partial charge in [0, 0.05) is 6.20 Å². The Labute approximate surface area is 244 Å². The number of imidazole rings is 1. The monoisotopic (exact) mass is 586 g/mol. The summed E-state index contributed by atoms with van der Waals surface area (Å²) in [6, 6.07) is 8.66. The molecule has 1 aromatic carbocycles. The molecule has 1 unspecified atom stereocenters. The lowest BCUT2D eigenvalue weighted by atomic mass is 9.95. The number of rotatable bonds is 7. The molecule has 42 heavy (non-hydrogen) atoms. The summed E-state index contributed by atoms with van der Waals surface area (Å²) in [5, 5.41) is 11.7. The van der Waals surface area contributed by atoms with E-state index >= 15 is 0 Å². The molecule has 1 amide bonds. The summed E-state index contributed by atoms with van der Waals surface area (Å²) < 4.78 is 11.7. The number of Topliss-reactive ketones (excluding diaryl/α,β-unsaturated/α-hetero) is 1. The maximum atomic E-state index is 13.6. The number of carbonyl (C=O) groups is 4. The van der Waals surface area contributed by atoms with Crippen LogP contribution in [0.4, 0.5) is 5.13 Å². The predicted molar refractivity (Wildman–Crippen MR) is 155 cm³/mol. The van der Waals surface area contributed by atoms with Crippen LogP contribution in [0.3, 0.4) is 0 Å². The highest BCUT2D eigenvalue weighted by molar-refractivity contribution is 7.17. The van der Waals surface area contributed by atoms with Crippen LogP contribution in [0.5, 0.6) is 0 Å². The van der Waals surface area contributed by atoms with E-state index < -0.39 is 35.4 Å². The van der Waals surface area contributed by atoms with Gasteiger partial charge in [-0.2, -0.15) is 0 Å². The van der Waals surface area contributed by atoms with Gasteiger partial charge in [-0.05, 0) is 50.1 Å². The lowest BCUT2D eigenvalue weighted by Gasteiger charge is -2.23. The molecule has 0 saturated carbocycles. The number of pyridine rings is 1. The Bertz CT molecular complexity index is 1820. The molecule has 0 spiro atoms. The molecule has 1 N–H and O–H groups in total. The summed E-state index contributed by atoms with van der Waals surface area (Å²) in [6.45, 7) is 8.72. The van der Waals surface area contributed by atoms with Gasteiger partial charge in [0.2, 0.25) is 0 Å². The van der Waals surface area contributed by atoms with Crippen molar-refractivity contribution in [2.45, 2.75) is 26.8 Å². The molecule has 3 aromatic heterocycles. The number of nitrogens with zero attached hydrogens (tertiary/aromatic N) is 4. The third-order valence-corrected chi connectivity index (χ3v) is 8.05. The summed E-state index contributed by atoms with van der Waals surface area (Å²) in [6.07, 6.45) is 3.21. The maximum absolute atomic E-state index is 13.6. The summed E-state index contributed by atoms with van der Waals surface area (Å²) >= 11 is 0.885. The van der Waals surface area contributed by atoms with Crippen molar-refractivity contribution in [2.24, 2.45) is 0 Å². The van der Waals surface area contributed by atoms with Crippen molar-refractivity contribution in [1.82, 2.24) is 14.4 Å². The number of ether oxygens (including phenoxy) is 2. The first kappa shape index (κ1) is 28.4. The van der Waals surface area contributed by atoms with Crippen LogP contribution in [-0.4, -0.2) is 56.8 Å². The van der Waals surface area contributed by atoms with Crippen molar-refractivity contribution in [3.8, 4) is 0 Å². The van der Waals surface area contributed by atoms with E-state index in [0.717, 1.165) is 21.8 Å². The topological polar surface area (TPSA) is 140 Å². The van der Waals surface area contributed by atoms with Crippen LogP contribution in [0, 0.1) is 20.8 Å². The average Bonchev–Trinajstić information content (AvgIpc) is 3.62. The summed E-state index contributed by atoms with van der Waals surface area (Å²) in [7, 11) is 1.26. The van der Waals surface area contributed by atoms with Crippen molar-refractivity contribution in [3.63, 3.8) is 0 Å². The standard InChI is InChI=1S/C30H26N4O7S/c1-6-14-41-29(39)25-16(3)31-30(42-25)34-22(18-9-11-19(12-10-18)28(38)40-5)20(24(36)27(34)37)23(35)21-17(4)33-13-7-8-15(2)26(33)32-21/h6-13,22,35H,1,14H2,2-5H3/b23-20+. The van der Waals surface area contributed by atoms with E-state index in [0.29, 0.717) is 22.6 Å². The van der Waals surface area contributed by atoms with Gasteiger partial charge in [0.05, 0.1) is 35.7 Å². The largest absolute Gasteiger partial charge is 0.505 e.